The molecule has 144 valence electrons. The summed E-state index contributed by atoms with van der Waals surface area (Å²) in [7, 11) is 0. The molecule has 7 heteroatoms. The molecule has 0 radical (unpaired) electrons. The first kappa shape index (κ1) is 19.5. The van der Waals surface area contributed by atoms with E-state index in [1.54, 1.807) is 30.3 Å². The topological polar surface area (TPSA) is 77.8 Å². The van der Waals surface area contributed by atoms with Crippen LogP contribution in [0.4, 0.5) is 5.69 Å². The molecule has 28 heavy (non-hydrogen) atoms. The second kappa shape index (κ2) is 9.10. The van der Waals surface area contributed by atoms with Crippen molar-refractivity contribution in [2.24, 2.45) is 0 Å². The maximum atomic E-state index is 12.2. The van der Waals surface area contributed by atoms with E-state index < -0.39 is 18.0 Å². The zero-order valence-corrected chi connectivity index (χ0v) is 15.8. The predicted molar refractivity (Wildman–Crippen MR) is 104 cm³/mol. The molecule has 3 aromatic rings. The normalized spacial score (nSPS) is 11.5. The van der Waals surface area contributed by atoms with E-state index in [0.717, 1.165) is 0 Å². The second-order valence-electron chi connectivity index (χ2n) is 5.91. The summed E-state index contributed by atoms with van der Waals surface area (Å²) < 4.78 is 16.2. The summed E-state index contributed by atoms with van der Waals surface area (Å²) >= 11 is 5.81. The minimum absolute atomic E-state index is 0.00203. The highest BCUT2D eigenvalue weighted by atomic mass is 35.5. The van der Waals surface area contributed by atoms with Crippen molar-refractivity contribution in [3.05, 3.63) is 83.3 Å². The van der Waals surface area contributed by atoms with Gasteiger partial charge < -0.3 is 19.2 Å². The van der Waals surface area contributed by atoms with Gasteiger partial charge >= 0.3 is 5.97 Å². The van der Waals surface area contributed by atoms with Gasteiger partial charge in [-0.3, -0.25) is 4.79 Å². The van der Waals surface area contributed by atoms with Crippen molar-refractivity contribution in [2.45, 2.75) is 19.6 Å². The Bertz CT molecular complexity index is 937. The number of amides is 1. The van der Waals surface area contributed by atoms with E-state index in [9.17, 15) is 9.59 Å². The van der Waals surface area contributed by atoms with Gasteiger partial charge in [-0.25, -0.2) is 4.79 Å². The molecule has 2 aromatic carbocycles. The van der Waals surface area contributed by atoms with Crippen LogP contribution < -0.4 is 10.1 Å². The van der Waals surface area contributed by atoms with E-state index in [0.29, 0.717) is 22.2 Å². The van der Waals surface area contributed by atoms with Crippen molar-refractivity contribution in [1.29, 1.82) is 0 Å². The molecule has 0 unspecified atom stereocenters. The van der Waals surface area contributed by atoms with E-state index in [2.05, 4.69) is 5.32 Å². The molecule has 1 heterocycles. The van der Waals surface area contributed by atoms with Gasteiger partial charge in [0.1, 0.15) is 18.1 Å². The fourth-order valence-electron chi connectivity index (χ4n) is 2.29. The number of nitrogens with one attached hydrogen (secondary N) is 1. The highest BCUT2D eigenvalue weighted by Crippen LogP contribution is 2.16. The average molecular weight is 400 g/mol. The zero-order valence-electron chi connectivity index (χ0n) is 15.1. The Hall–Kier alpha value is -3.25. The molecule has 0 aliphatic rings. The number of rotatable bonds is 7. The zero-order chi connectivity index (χ0) is 19.9. The first-order chi connectivity index (χ1) is 13.5. The van der Waals surface area contributed by atoms with Crippen molar-refractivity contribution in [3.63, 3.8) is 0 Å². The molecule has 1 N–H and O–H groups in total. The van der Waals surface area contributed by atoms with Gasteiger partial charge in [0.05, 0.1) is 0 Å². The average Bonchev–Trinajstić information content (AvgIpc) is 3.18. The van der Waals surface area contributed by atoms with Gasteiger partial charge in [-0.2, -0.15) is 0 Å². The molecule has 1 atom stereocenters. The maximum Gasteiger partial charge on any atom is 0.375 e. The summed E-state index contributed by atoms with van der Waals surface area (Å²) in [4.78, 5) is 24.3. The van der Waals surface area contributed by atoms with E-state index in [-0.39, 0.29) is 12.4 Å². The van der Waals surface area contributed by atoms with Crippen LogP contribution in [0.1, 0.15) is 23.2 Å². The molecule has 1 aromatic heterocycles. The maximum absolute atomic E-state index is 12.2. The van der Waals surface area contributed by atoms with Gasteiger partial charge in [0.15, 0.2) is 6.10 Å². The number of carbonyl (C=O) groups excluding carboxylic acids is 2. The van der Waals surface area contributed by atoms with Crippen LogP contribution in [-0.2, 0) is 16.1 Å². The fraction of sp³-hybridized carbons (Fsp3) is 0.143. The molecule has 0 saturated heterocycles. The van der Waals surface area contributed by atoms with Crippen LogP contribution in [0, 0.1) is 0 Å². The van der Waals surface area contributed by atoms with Crippen LogP contribution >= 0.6 is 11.6 Å². The van der Waals surface area contributed by atoms with E-state index in [1.807, 2.05) is 30.3 Å². The summed E-state index contributed by atoms with van der Waals surface area (Å²) in [6.45, 7) is 1.65. The third kappa shape index (κ3) is 5.37. The number of benzene rings is 2. The minimum Gasteiger partial charge on any atom is -0.486 e. The smallest absolute Gasteiger partial charge is 0.375 e. The lowest BCUT2D eigenvalue weighted by Crippen LogP contribution is -2.29. The van der Waals surface area contributed by atoms with Gasteiger partial charge in [0.2, 0.25) is 5.76 Å². The van der Waals surface area contributed by atoms with Gasteiger partial charge in [-0.15, -0.1) is 0 Å². The second-order valence-corrected chi connectivity index (χ2v) is 6.35. The molecule has 6 nitrogen and oxygen atoms in total. The molecule has 1 amide bonds. The monoisotopic (exact) mass is 399 g/mol. The fourth-order valence-corrected chi connectivity index (χ4v) is 2.41. The first-order valence-corrected chi connectivity index (χ1v) is 8.93. The van der Waals surface area contributed by atoms with Gasteiger partial charge in [0.25, 0.3) is 5.91 Å². The summed E-state index contributed by atoms with van der Waals surface area (Å²) in [5.74, 6) is -0.0398. The molecule has 0 saturated carbocycles. The van der Waals surface area contributed by atoms with Crippen LogP contribution in [0.5, 0.6) is 5.75 Å². The summed E-state index contributed by atoms with van der Waals surface area (Å²) in [6.07, 6.45) is -1.00. The van der Waals surface area contributed by atoms with E-state index in [4.69, 9.17) is 25.5 Å². The molecular formula is C21H18ClNO5. The largest absolute Gasteiger partial charge is 0.486 e. The van der Waals surface area contributed by atoms with E-state index >= 15 is 0 Å². The van der Waals surface area contributed by atoms with Crippen molar-refractivity contribution in [2.75, 3.05) is 5.32 Å². The number of hydrogen-bond acceptors (Lipinski definition) is 5. The predicted octanol–water partition coefficient (Wildman–Crippen LogP) is 4.70. The van der Waals surface area contributed by atoms with E-state index in [1.165, 1.54) is 13.0 Å². The number of anilines is 1. The van der Waals surface area contributed by atoms with Crippen LogP contribution in [0.3, 0.4) is 0 Å². The Balaban J connectivity index is 1.51. The number of hydrogen-bond donors (Lipinski definition) is 1. The lowest BCUT2D eigenvalue weighted by Gasteiger charge is -2.12. The standard InChI is InChI=1S/C21H18ClNO5/c1-14(20(24)23-16-9-7-15(22)8-10-16)27-21(25)19-12-11-18(28-19)13-26-17-5-3-2-4-6-17/h2-12,14H,13H2,1H3,(H,23,24)/t14-/m0/s1. The Kier molecular flexibility index (Phi) is 6.34. The van der Waals surface area contributed by atoms with Crippen molar-refractivity contribution < 1.29 is 23.5 Å². The Labute approximate surface area is 167 Å². The summed E-state index contributed by atoms with van der Waals surface area (Å²) in [5.41, 5.74) is 0.552. The van der Waals surface area contributed by atoms with Gasteiger partial charge in [-0.1, -0.05) is 29.8 Å². The number of carbonyl (C=O) groups is 2. The Morgan fingerprint density at radius 3 is 2.46 bits per heavy atom. The minimum atomic E-state index is -1.00. The van der Waals surface area contributed by atoms with Crippen LogP contribution in [0.15, 0.2) is 71.1 Å². The van der Waals surface area contributed by atoms with Crippen LogP contribution in [0.25, 0.3) is 0 Å². The van der Waals surface area contributed by atoms with Crippen molar-refractivity contribution in [3.8, 4) is 5.75 Å². The number of esters is 1. The highest BCUT2D eigenvalue weighted by Gasteiger charge is 2.21. The molecule has 0 aliphatic heterocycles. The van der Waals surface area contributed by atoms with Crippen molar-refractivity contribution in [1.82, 2.24) is 0 Å². The SMILES string of the molecule is C[C@H](OC(=O)c1ccc(COc2ccccc2)o1)C(=O)Nc1ccc(Cl)cc1. The van der Waals surface area contributed by atoms with Crippen LogP contribution in [0.2, 0.25) is 5.02 Å². The number of ether oxygens (including phenoxy) is 2. The third-order valence-electron chi connectivity index (χ3n) is 3.75. The molecule has 0 spiro atoms. The Morgan fingerprint density at radius 1 is 1.04 bits per heavy atom. The van der Waals surface area contributed by atoms with Gasteiger partial charge in [-0.05, 0) is 55.5 Å². The van der Waals surface area contributed by atoms with Crippen LogP contribution in [-0.4, -0.2) is 18.0 Å². The Morgan fingerprint density at radius 2 is 1.75 bits per heavy atom. The van der Waals surface area contributed by atoms with Crippen molar-refractivity contribution >= 4 is 29.2 Å². The highest BCUT2D eigenvalue weighted by molar-refractivity contribution is 6.30. The molecule has 0 aliphatic carbocycles. The first-order valence-electron chi connectivity index (χ1n) is 8.55. The lowest BCUT2D eigenvalue weighted by molar-refractivity contribution is -0.123. The molecule has 0 fully saturated rings. The molecule has 3 rings (SSSR count). The van der Waals surface area contributed by atoms with Gasteiger partial charge in [0, 0.05) is 10.7 Å². The third-order valence-corrected chi connectivity index (χ3v) is 4.00. The molecular weight excluding hydrogens is 382 g/mol. The number of furan rings is 1. The number of para-hydroxylation sites is 1. The summed E-state index contributed by atoms with van der Waals surface area (Å²) in [6, 6.07) is 18.9. The lowest BCUT2D eigenvalue weighted by atomic mass is 10.3. The number of halogens is 1. The summed E-state index contributed by atoms with van der Waals surface area (Å²) in [5, 5.41) is 3.20. The molecule has 0 bridgehead atoms. The quantitative estimate of drug-likeness (QED) is 0.583.